The van der Waals surface area contributed by atoms with Gasteiger partial charge in [0.25, 0.3) is 5.56 Å². The van der Waals surface area contributed by atoms with E-state index in [0.717, 1.165) is 15.7 Å². The first-order valence-electron chi connectivity index (χ1n) is 10.6. The molecule has 1 amide bonds. The van der Waals surface area contributed by atoms with E-state index in [1.165, 1.54) is 4.57 Å². The van der Waals surface area contributed by atoms with Crippen LogP contribution in [-0.2, 0) is 24.4 Å². The van der Waals surface area contributed by atoms with Gasteiger partial charge in [-0.2, -0.15) is 5.10 Å². The van der Waals surface area contributed by atoms with E-state index >= 15 is 0 Å². The Morgan fingerprint density at radius 1 is 1.03 bits per heavy atom. The van der Waals surface area contributed by atoms with Crippen molar-refractivity contribution in [3.8, 4) is 0 Å². The van der Waals surface area contributed by atoms with E-state index in [1.807, 2.05) is 44.2 Å². The van der Waals surface area contributed by atoms with Gasteiger partial charge in [0.05, 0.1) is 12.2 Å². The standard InChI is InChI=1S/C24H24ClN5O3/c1-4-30-22-21(16(3)27-30)28(14-20(31)26-18-11-10-15(2)19(25)12-18)24(33)29(23(22)32)13-17-8-6-5-7-9-17/h5-12H,4,13-14H2,1-3H3,(H,26,31). The summed E-state index contributed by atoms with van der Waals surface area (Å²) >= 11 is 6.16. The van der Waals surface area contributed by atoms with Crippen LogP contribution in [0.1, 0.15) is 23.7 Å². The number of rotatable bonds is 6. The lowest BCUT2D eigenvalue weighted by Gasteiger charge is -2.14. The molecule has 33 heavy (non-hydrogen) atoms. The third kappa shape index (κ3) is 4.34. The van der Waals surface area contributed by atoms with Crippen LogP contribution in [0.3, 0.4) is 0 Å². The van der Waals surface area contributed by atoms with Gasteiger partial charge in [0.1, 0.15) is 12.1 Å². The number of aryl methyl sites for hydroxylation is 3. The zero-order chi connectivity index (χ0) is 23.7. The minimum atomic E-state index is -0.563. The van der Waals surface area contributed by atoms with Gasteiger partial charge in [0.15, 0.2) is 5.52 Å². The number of hydrogen-bond acceptors (Lipinski definition) is 4. The smallest absolute Gasteiger partial charge is 0.324 e. The number of benzene rings is 2. The van der Waals surface area contributed by atoms with Crippen molar-refractivity contribution in [2.24, 2.45) is 0 Å². The van der Waals surface area contributed by atoms with Crippen LogP contribution in [0.15, 0.2) is 58.1 Å². The summed E-state index contributed by atoms with van der Waals surface area (Å²) in [6, 6.07) is 14.4. The largest absolute Gasteiger partial charge is 0.332 e. The quantitative estimate of drug-likeness (QED) is 0.473. The van der Waals surface area contributed by atoms with Crippen molar-refractivity contribution in [2.45, 2.75) is 40.4 Å². The van der Waals surface area contributed by atoms with Crippen LogP contribution in [0, 0.1) is 13.8 Å². The van der Waals surface area contributed by atoms with Gasteiger partial charge in [-0.3, -0.25) is 23.4 Å². The molecular formula is C24H24ClN5O3. The molecule has 2 aromatic heterocycles. The Balaban J connectivity index is 1.81. The Morgan fingerprint density at radius 2 is 1.76 bits per heavy atom. The van der Waals surface area contributed by atoms with E-state index in [0.29, 0.717) is 34.0 Å². The number of carbonyl (C=O) groups is 1. The lowest BCUT2D eigenvalue weighted by molar-refractivity contribution is -0.116. The highest BCUT2D eigenvalue weighted by Crippen LogP contribution is 2.20. The average Bonchev–Trinajstić information content (AvgIpc) is 3.14. The molecule has 4 rings (SSSR count). The zero-order valence-corrected chi connectivity index (χ0v) is 19.4. The Labute approximate surface area is 195 Å². The van der Waals surface area contributed by atoms with Crippen molar-refractivity contribution in [1.29, 1.82) is 0 Å². The summed E-state index contributed by atoms with van der Waals surface area (Å²) in [5.41, 5.74) is 2.42. The summed E-state index contributed by atoms with van der Waals surface area (Å²) in [6.45, 7) is 5.74. The summed E-state index contributed by atoms with van der Waals surface area (Å²) in [5, 5.41) is 7.73. The number of anilines is 1. The van der Waals surface area contributed by atoms with Gasteiger partial charge >= 0.3 is 5.69 Å². The number of fused-ring (bicyclic) bond motifs is 1. The number of halogens is 1. The molecule has 0 atom stereocenters. The van der Waals surface area contributed by atoms with Crippen molar-refractivity contribution in [3.63, 3.8) is 0 Å². The first kappa shape index (κ1) is 22.5. The molecule has 0 saturated heterocycles. The molecule has 0 aliphatic carbocycles. The van der Waals surface area contributed by atoms with Crippen molar-refractivity contribution < 1.29 is 4.79 Å². The molecule has 170 valence electrons. The summed E-state index contributed by atoms with van der Waals surface area (Å²) in [7, 11) is 0. The topological polar surface area (TPSA) is 90.9 Å². The van der Waals surface area contributed by atoms with Crippen LogP contribution in [0.25, 0.3) is 11.0 Å². The molecule has 2 heterocycles. The number of aromatic nitrogens is 4. The minimum Gasteiger partial charge on any atom is -0.324 e. The summed E-state index contributed by atoms with van der Waals surface area (Å²) in [4.78, 5) is 39.6. The second-order valence-corrected chi connectivity index (χ2v) is 8.26. The van der Waals surface area contributed by atoms with E-state index < -0.39 is 17.2 Å². The number of carbonyl (C=O) groups excluding carboxylic acids is 1. The third-order valence-electron chi connectivity index (χ3n) is 5.52. The number of hydrogen-bond donors (Lipinski definition) is 1. The molecule has 1 N–H and O–H groups in total. The Bertz CT molecular complexity index is 1470. The van der Waals surface area contributed by atoms with Gasteiger partial charge in [-0.1, -0.05) is 48.0 Å². The first-order valence-corrected chi connectivity index (χ1v) is 11.0. The maximum atomic E-state index is 13.4. The van der Waals surface area contributed by atoms with Gasteiger partial charge in [-0.05, 0) is 44.0 Å². The zero-order valence-electron chi connectivity index (χ0n) is 18.6. The van der Waals surface area contributed by atoms with Crippen LogP contribution in [0.4, 0.5) is 5.69 Å². The summed E-state index contributed by atoms with van der Waals surface area (Å²) in [6.07, 6.45) is 0. The second kappa shape index (κ2) is 9.07. The Hall–Kier alpha value is -3.65. The maximum Gasteiger partial charge on any atom is 0.332 e. The monoisotopic (exact) mass is 465 g/mol. The molecule has 2 aromatic carbocycles. The van der Waals surface area contributed by atoms with Gasteiger partial charge in [0, 0.05) is 17.3 Å². The Morgan fingerprint density at radius 3 is 2.42 bits per heavy atom. The first-order chi connectivity index (χ1) is 15.8. The van der Waals surface area contributed by atoms with E-state index in [9.17, 15) is 14.4 Å². The minimum absolute atomic E-state index is 0.0948. The van der Waals surface area contributed by atoms with Crippen molar-refractivity contribution in [2.75, 3.05) is 5.32 Å². The molecular weight excluding hydrogens is 442 g/mol. The van der Waals surface area contributed by atoms with Crippen molar-refractivity contribution in [1.82, 2.24) is 18.9 Å². The molecule has 0 saturated carbocycles. The van der Waals surface area contributed by atoms with Gasteiger partial charge in [-0.25, -0.2) is 4.79 Å². The van der Waals surface area contributed by atoms with Crippen molar-refractivity contribution >= 4 is 34.2 Å². The second-order valence-electron chi connectivity index (χ2n) is 7.86. The third-order valence-corrected chi connectivity index (χ3v) is 5.92. The molecule has 0 aliphatic heterocycles. The highest BCUT2D eigenvalue weighted by Gasteiger charge is 2.21. The van der Waals surface area contributed by atoms with Crippen molar-refractivity contribution in [3.05, 3.63) is 91.2 Å². The van der Waals surface area contributed by atoms with Crippen LogP contribution in [0.5, 0.6) is 0 Å². The lowest BCUT2D eigenvalue weighted by Crippen LogP contribution is -2.42. The highest BCUT2D eigenvalue weighted by molar-refractivity contribution is 6.31. The molecule has 0 bridgehead atoms. The number of nitrogens with one attached hydrogen (secondary N) is 1. The van der Waals surface area contributed by atoms with Crippen LogP contribution < -0.4 is 16.6 Å². The van der Waals surface area contributed by atoms with E-state index in [2.05, 4.69) is 10.4 Å². The molecule has 4 aromatic rings. The molecule has 8 nitrogen and oxygen atoms in total. The predicted octanol–water partition coefficient (Wildman–Crippen LogP) is 3.34. The molecule has 0 radical (unpaired) electrons. The molecule has 0 fully saturated rings. The molecule has 0 spiro atoms. The fourth-order valence-electron chi connectivity index (χ4n) is 3.86. The summed E-state index contributed by atoms with van der Waals surface area (Å²) in [5.74, 6) is -0.410. The molecule has 0 unspecified atom stereocenters. The van der Waals surface area contributed by atoms with Gasteiger partial charge in [0.2, 0.25) is 5.91 Å². The number of amides is 1. The average molecular weight is 466 g/mol. The lowest BCUT2D eigenvalue weighted by atomic mass is 10.2. The number of nitrogens with zero attached hydrogens (tertiary/aromatic N) is 4. The van der Waals surface area contributed by atoms with Gasteiger partial charge < -0.3 is 5.32 Å². The Kier molecular flexibility index (Phi) is 6.20. The van der Waals surface area contributed by atoms with E-state index in [-0.39, 0.29) is 13.1 Å². The molecule has 9 heteroatoms. The van der Waals surface area contributed by atoms with E-state index in [1.54, 1.807) is 29.8 Å². The summed E-state index contributed by atoms with van der Waals surface area (Å²) < 4.78 is 4.04. The highest BCUT2D eigenvalue weighted by atomic mass is 35.5. The SMILES string of the molecule is CCn1nc(C)c2c1c(=O)n(Cc1ccccc1)c(=O)n2CC(=O)Nc1ccc(C)c(Cl)c1. The maximum absolute atomic E-state index is 13.4. The predicted molar refractivity (Wildman–Crippen MR) is 129 cm³/mol. The van der Waals surface area contributed by atoms with Crippen LogP contribution in [-0.4, -0.2) is 24.8 Å². The molecule has 0 aliphatic rings. The van der Waals surface area contributed by atoms with Gasteiger partial charge in [-0.15, -0.1) is 0 Å². The fraction of sp³-hybridized carbons (Fsp3) is 0.250. The van der Waals surface area contributed by atoms with Crippen LogP contribution >= 0.6 is 11.6 Å². The normalized spacial score (nSPS) is 11.2. The van der Waals surface area contributed by atoms with Crippen LogP contribution in [0.2, 0.25) is 5.02 Å². The van der Waals surface area contributed by atoms with E-state index in [4.69, 9.17) is 11.6 Å². The fourth-order valence-corrected chi connectivity index (χ4v) is 4.04.